The summed E-state index contributed by atoms with van der Waals surface area (Å²) >= 11 is 0. The van der Waals surface area contributed by atoms with Crippen LogP contribution in [0.1, 0.15) is 50.9 Å². The van der Waals surface area contributed by atoms with Crippen molar-refractivity contribution >= 4 is 0 Å². The largest absolute Gasteiger partial charge is 0.376 e. The number of aromatic nitrogens is 4. The molecule has 7 heteroatoms. The molecular weight excluding hydrogens is 316 g/mol. The van der Waals surface area contributed by atoms with Crippen molar-refractivity contribution in [3.05, 3.63) is 18.5 Å². The summed E-state index contributed by atoms with van der Waals surface area (Å²) < 4.78 is 7.78. The highest BCUT2D eigenvalue weighted by Crippen LogP contribution is 2.26. The van der Waals surface area contributed by atoms with Crippen molar-refractivity contribution in [2.45, 2.75) is 57.7 Å². The van der Waals surface area contributed by atoms with E-state index in [2.05, 4.69) is 38.8 Å². The summed E-state index contributed by atoms with van der Waals surface area (Å²) in [5.74, 6) is 1.01. The third kappa shape index (κ3) is 4.86. The Morgan fingerprint density at radius 1 is 1.32 bits per heavy atom. The van der Waals surface area contributed by atoms with Crippen LogP contribution in [-0.4, -0.2) is 75.4 Å². The van der Waals surface area contributed by atoms with E-state index in [1.54, 1.807) is 0 Å². The lowest BCUT2D eigenvalue weighted by Crippen LogP contribution is -2.48. The van der Waals surface area contributed by atoms with E-state index in [-0.39, 0.29) is 6.10 Å². The molecule has 0 radical (unpaired) electrons. The van der Waals surface area contributed by atoms with Crippen molar-refractivity contribution in [2.24, 2.45) is 0 Å². The number of piperazine rings is 1. The van der Waals surface area contributed by atoms with Crippen LogP contribution in [0.25, 0.3) is 0 Å². The first-order valence-corrected chi connectivity index (χ1v) is 9.76. The van der Waals surface area contributed by atoms with Crippen molar-refractivity contribution < 1.29 is 4.74 Å². The Hall–Kier alpha value is -1.31. The van der Waals surface area contributed by atoms with Crippen molar-refractivity contribution in [1.29, 1.82) is 0 Å². The van der Waals surface area contributed by atoms with E-state index >= 15 is 0 Å². The van der Waals surface area contributed by atoms with Gasteiger partial charge in [0.25, 0.3) is 0 Å². The molecule has 0 unspecified atom stereocenters. The van der Waals surface area contributed by atoms with Gasteiger partial charge in [-0.1, -0.05) is 25.8 Å². The molecule has 140 valence electrons. The average molecular weight is 348 g/mol. The van der Waals surface area contributed by atoms with Crippen molar-refractivity contribution in [3.8, 4) is 0 Å². The van der Waals surface area contributed by atoms with E-state index in [0.29, 0.717) is 6.04 Å². The molecule has 7 nitrogen and oxygen atoms in total. The molecule has 0 spiro atoms. The van der Waals surface area contributed by atoms with Crippen LogP contribution in [0.4, 0.5) is 0 Å². The molecule has 0 saturated carbocycles. The standard InChI is InChI=1S/C18H32N6O/c1-3-5-8-17(23-12-10-22(9-4-2)11-13-23)18-19-20-21-24(18)15-16-7-6-14-25-16/h4,16-17H,2-3,5-15H2,1H3/t16-,17-/m1/s1. The molecular formula is C18H32N6O. The minimum atomic E-state index is 0.263. The van der Waals surface area contributed by atoms with Crippen LogP contribution >= 0.6 is 0 Å². The van der Waals surface area contributed by atoms with Crippen molar-refractivity contribution in [3.63, 3.8) is 0 Å². The first-order valence-electron chi connectivity index (χ1n) is 9.76. The molecule has 2 fully saturated rings. The van der Waals surface area contributed by atoms with E-state index in [4.69, 9.17) is 4.74 Å². The fourth-order valence-corrected chi connectivity index (χ4v) is 3.87. The fraction of sp³-hybridized carbons (Fsp3) is 0.833. The minimum Gasteiger partial charge on any atom is -0.376 e. The van der Waals surface area contributed by atoms with Gasteiger partial charge in [-0.2, -0.15) is 0 Å². The predicted molar refractivity (Wildman–Crippen MR) is 97.3 cm³/mol. The van der Waals surface area contributed by atoms with Crippen molar-refractivity contribution in [2.75, 3.05) is 39.3 Å². The molecule has 0 bridgehead atoms. The molecule has 0 aromatic carbocycles. The van der Waals surface area contributed by atoms with E-state index in [0.717, 1.165) is 71.0 Å². The summed E-state index contributed by atoms with van der Waals surface area (Å²) in [6.45, 7) is 13.0. The second kappa shape index (κ2) is 9.40. The minimum absolute atomic E-state index is 0.263. The van der Waals surface area contributed by atoms with Gasteiger partial charge in [-0.15, -0.1) is 11.7 Å². The lowest BCUT2D eigenvalue weighted by Gasteiger charge is -2.38. The van der Waals surface area contributed by atoms with Gasteiger partial charge in [0.15, 0.2) is 5.82 Å². The average Bonchev–Trinajstić information content (AvgIpc) is 3.30. The quantitative estimate of drug-likeness (QED) is 0.635. The van der Waals surface area contributed by atoms with E-state index < -0.39 is 0 Å². The molecule has 3 rings (SSSR count). The Kier molecular flexibility index (Phi) is 6.95. The maximum Gasteiger partial charge on any atom is 0.168 e. The third-order valence-electron chi connectivity index (χ3n) is 5.32. The van der Waals surface area contributed by atoms with Gasteiger partial charge in [0, 0.05) is 39.3 Å². The molecule has 2 aliphatic heterocycles. The van der Waals surface area contributed by atoms with Crippen LogP contribution in [0.3, 0.4) is 0 Å². The lowest BCUT2D eigenvalue weighted by molar-refractivity contribution is 0.0786. The molecule has 0 amide bonds. The van der Waals surface area contributed by atoms with Gasteiger partial charge >= 0.3 is 0 Å². The van der Waals surface area contributed by atoms with Crippen LogP contribution in [0.15, 0.2) is 12.7 Å². The number of hydrogen-bond acceptors (Lipinski definition) is 6. The molecule has 25 heavy (non-hydrogen) atoms. The van der Waals surface area contributed by atoms with Crippen LogP contribution in [0.2, 0.25) is 0 Å². The number of nitrogens with zero attached hydrogens (tertiary/aromatic N) is 6. The van der Waals surface area contributed by atoms with Crippen LogP contribution < -0.4 is 0 Å². The first kappa shape index (κ1) is 18.5. The zero-order chi connectivity index (χ0) is 17.5. The number of rotatable bonds is 9. The second-order valence-electron chi connectivity index (χ2n) is 7.14. The fourth-order valence-electron chi connectivity index (χ4n) is 3.87. The van der Waals surface area contributed by atoms with Crippen LogP contribution in [0.5, 0.6) is 0 Å². The number of hydrogen-bond donors (Lipinski definition) is 0. The monoisotopic (exact) mass is 348 g/mol. The van der Waals surface area contributed by atoms with Gasteiger partial charge in [0.05, 0.1) is 18.7 Å². The highest BCUT2D eigenvalue weighted by Gasteiger charge is 2.29. The summed E-state index contributed by atoms with van der Waals surface area (Å²) in [6.07, 6.45) is 8.02. The summed E-state index contributed by atoms with van der Waals surface area (Å²) in [4.78, 5) is 5.02. The van der Waals surface area contributed by atoms with E-state index in [1.807, 2.05) is 10.8 Å². The van der Waals surface area contributed by atoms with Gasteiger partial charge < -0.3 is 4.74 Å². The molecule has 2 saturated heterocycles. The molecule has 0 aliphatic carbocycles. The van der Waals surface area contributed by atoms with Crippen LogP contribution in [0, 0.1) is 0 Å². The normalized spacial score (nSPS) is 23.8. The van der Waals surface area contributed by atoms with E-state index in [1.165, 1.54) is 12.8 Å². The van der Waals surface area contributed by atoms with E-state index in [9.17, 15) is 0 Å². The Balaban J connectivity index is 1.68. The van der Waals surface area contributed by atoms with Gasteiger partial charge in [0.2, 0.25) is 0 Å². The number of unbranched alkanes of at least 4 members (excludes halogenated alkanes) is 1. The third-order valence-corrected chi connectivity index (χ3v) is 5.32. The summed E-state index contributed by atoms with van der Waals surface area (Å²) in [5, 5.41) is 12.7. The van der Waals surface area contributed by atoms with Crippen LogP contribution in [-0.2, 0) is 11.3 Å². The molecule has 1 aromatic rings. The highest BCUT2D eigenvalue weighted by molar-refractivity contribution is 4.96. The van der Waals surface area contributed by atoms with Gasteiger partial charge in [-0.05, 0) is 29.7 Å². The summed E-state index contributed by atoms with van der Waals surface area (Å²) in [5.41, 5.74) is 0. The maximum atomic E-state index is 5.78. The Bertz CT molecular complexity index is 519. The summed E-state index contributed by atoms with van der Waals surface area (Å²) in [7, 11) is 0. The molecule has 3 heterocycles. The predicted octanol–water partition coefficient (Wildman–Crippen LogP) is 1.89. The van der Waals surface area contributed by atoms with Gasteiger partial charge in [0.1, 0.15) is 0 Å². The number of tetrazole rings is 1. The molecule has 0 N–H and O–H groups in total. The SMILES string of the molecule is C=CCN1CCN([C@H](CCCC)c2nnnn2C[C@H]2CCCO2)CC1. The first-order chi connectivity index (χ1) is 12.3. The van der Waals surface area contributed by atoms with Crippen molar-refractivity contribution in [1.82, 2.24) is 30.0 Å². The smallest absolute Gasteiger partial charge is 0.168 e. The molecule has 2 atom stereocenters. The topological polar surface area (TPSA) is 59.3 Å². The Morgan fingerprint density at radius 2 is 2.16 bits per heavy atom. The van der Waals surface area contributed by atoms with Gasteiger partial charge in [-0.3, -0.25) is 9.80 Å². The summed E-state index contributed by atoms with van der Waals surface area (Å²) in [6, 6.07) is 0.308. The lowest BCUT2D eigenvalue weighted by atomic mass is 10.1. The highest BCUT2D eigenvalue weighted by atomic mass is 16.5. The Labute approximate surface area is 151 Å². The molecule has 2 aliphatic rings. The maximum absolute atomic E-state index is 5.78. The zero-order valence-electron chi connectivity index (χ0n) is 15.5. The molecule has 1 aromatic heterocycles. The second-order valence-corrected chi connectivity index (χ2v) is 7.14. The Morgan fingerprint density at radius 3 is 2.84 bits per heavy atom. The zero-order valence-corrected chi connectivity index (χ0v) is 15.5. The number of ether oxygens (including phenoxy) is 1. The van der Waals surface area contributed by atoms with Gasteiger partial charge in [-0.25, -0.2) is 4.68 Å².